The maximum Gasteiger partial charge on any atom is 0.293 e. The van der Waals surface area contributed by atoms with Gasteiger partial charge in [-0.05, 0) is 26.0 Å². The van der Waals surface area contributed by atoms with Crippen LogP contribution in [0, 0.1) is 10.1 Å². The van der Waals surface area contributed by atoms with Gasteiger partial charge in [0.1, 0.15) is 5.69 Å². The quantitative estimate of drug-likeness (QED) is 0.643. The van der Waals surface area contributed by atoms with E-state index in [0.717, 1.165) is 19.5 Å². The summed E-state index contributed by atoms with van der Waals surface area (Å²) in [7, 11) is 0. The average molecular weight is 256 g/mol. The highest BCUT2D eigenvalue weighted by Crippen LogP contribution is 2.35. The van der Waals surface area contributed by atoms with Crippen LogP contribution in [0.25, 0.3) is 0 Å². The molecular weight excluding hydrogens is 242 g/mol. The SMILES string of the molecule is CC1(Nc2c(Cl)cccc2[N+](=O)[O-])CCNC1. The lowest BCUT2D eigenvalue weighted by atomic mass is 10.0. The Balaban J connectivity index is 2.34. The highest BCUT2D eigenvalue weighted by molar-refractivity contribution is 6.33. The molecule has 1 aromatic carbocycles. The van der Waals surface area contributed by atoms with Crippen LogP contribution in [0.1, 0.15) is 13.3 Å². The molecule has 0 spiro atoms. The van der Waals surface area contributed by atoms with Crippen LogP contribution in [0.2, 0.25) is 5.02 Å². The Hall–Kier alpha value is -1.33. The molecule has 1 saturated heterocycles. The first kappa shape index (κ1) is 12.1. The summed E-state index contributed by atoms with van der Waals surface area (Å²) in [6.07, 6.45) is 0.912. The minimum atomic E-state index is -0.417. The molecule has 1 heterocycles. The molecular formula is C11H14ClN3O2. The van der Waals surface area contributed by atoms with E-state index in [9.17, 15) is 10.1 Å². The van der Waals surface area contributed by atoms with Crippen LogP contribution < -0.4 is 10.6 Å². The standard InChI is InChI=1S/C11H14ClN3O2/c1-11(5-6-13-7-11)14-10-8(12)3-2-4-9(10)15(16)17/h2-4,13-14H,5-7H2,1H3. The minimum Gasteiger partial charge on any atom is -0.372 e. The molecule has 0 aromatic heterocycles. The van der Waals surface area contributed by atoms with Crippen molar-refractivity contribution in [2.75, 3.05) is 18.4 Å². The molecule has 0 radical (unpaired) electrons. The van der Waals surface area contributed by atoms with Crippen LogP contribution in [0.5, 0.6) is 0 Å². The highest BCUT2D eigenvalue weighted by Gasteiger charge is 2.31. The summed E-state index contributed by atoms with van der Waals surface area (Å²) in [4.78, 5) is 10.5. The summed E-state index contributed by atoms with van der Waals surface area (Å²) >= 11 is 6.03. The van der Waals surface area contributed by atoms with E-state index in [4.69, 9.17) is 11.6 Å². The fourth-order valence-corrected chi connectivity index (χ4v) is 2.23. The second kappa shape index (κ2) is 4.50. The number of anilines is 1. The molecule has 1 fully saturated rings. The summed E-state index contributed by atoms with van der Waals surface area (Å²) < 4.78 is 0. The van der Waals surface area contributed by atoms with E-state index in [0.29, 0.717) is 10.7 Å². The molecule has 1 aliphatic heterocycles. The van der Waals surface area contributed by atoms with Crippen LogP contribution in [0.15, 0.2) is 18.2 Å². The van der Waals surface area contributed by atoms with Crippen LogP contribution in [-0.2, 0) is 0 Å². The van der Waals surface area contributed by atoms with Gasteiger partial charge in [-0.25, -0.2) is 0 Å². The Labute approximate surface area is 104 Å². The van der Waals surface area contributed by atoms with Crippen LogP contribution in [0.4, 0.5) is 11.4 Å². The average Bonchev–Trinajstić information content (AvgIpc) is 2.68. The first-order chi connectivity index (χ1) is 8.02. The van der Waals surface area contributed by atoms with E-state index in [2.05, 4.69) is 10.6 Å². The van der Waals surface area contributed by atoms with Crippen molar-refractivity contribution in [1.29, 1.82) is 0 Å². The zero-order valence-corrected chi connectivity index (χ0v) is 10.3. The Morgan fingerprint density at radius 2 is 2.35 bits per heavy atom. The lowest BCUT2D eigenvalue weighted by Crippen LogP contribution is -2.37. The van der Waals surface area contributed by atoms with Gasteiger partial charge in [0.2, 0.25) is 0 Å². The number of nitro groups is 1. The lowest BCUT2D eigenvalue weighted by Gasteiger charge is -2.26. The molecule has 6 heteroatoms. The van der Waals surface area contributed by atoms with E-state index in [-0.39, 0.29) is 11.2 Å². The number of benzene rings is 1. The fourth-order valence-electron chi connectivity index (χ4n) is 2.01. The molecule has 2 N–H and O–H groups in total. The highest BCUT2D eigenvalue weighted by atomic mass is 35.5. The number of para-hydroxylation sites is 1. The van der Waals surface area contributed by atoms with Gasteiger partial charge in [-0.2, -0.15) is 0 Å². The second-order valence-electron chi connectivity index (χ2n) is 4.50. The molecule has 1 aromatic rings. The summed E-state index contributed by atoms with van der Waals surface area (Å²) in [6.45, 7) is 3.71. The predicted octanol–water partition coefficient (Wildman–Crippen LogP) is 2.41. The monoisotopic (exact) mass is 255 g/mol. The van der Waals surface area contributed by atoms with E-state index < -0.39 is 4.92 Å². The number of hydrogen-bond acceptors (Lipinski definition) is 4. The largest absolute Gasteiger partial charge is 0.372 e. The van der Waals surface area contributed by atoms with E-state index in [1.807, 2.05) is 6.92 Å². The zero-order valence-electron chi connectivity index (χ0n) is 9.50. The first-order valence-corrected chi connectivity index (χ1v) is 5.81. The fraction of sp³-hybridized carbons (Fsp3) is 0.455. The Bertz CT molecular complexity index is 444. The third-order valence-corrected chi connectivity index (χ3v) is 3.30. The van der Waals surface area contributed by atoms with E-state index in [1.165, 1.54) is 6.07 Å². The van der Waals surface area contributed by atoms with Gasteiger partial charge in [0.15, 0.2) is 0 Å². The van der Waals surface area contributed by atoms with Gasteiger partial charge in [-0.1, -0.05) is 17.7 Å². The van der Waals surface area contributed by atoms with E-state index >= 15 is 0 Å². The molecule has 0 aliphatic carbocycles. The predicted molar refractivity (Wildman–Crippen MR) is 67.6 cm³/mol. The molecule has 92 valence electrons. The Morgan fingerprint density at radius 3 is 2.94 bits per heavy atom. The molecule has 0 saturated carbocycles. The van der Waals surface area contributed by atoms with Gasteiger partial charge in [-0.15, -0.1) is 0 Å². The van der Waals surface area contributed by atoms with Crippen LogP contribution >= 0.6 is 11.6 Å². The third kappa shape index (κ3) is 2.50. The molecule has 17 heavy (non-hydrogen) atoms. The van der Waals surface area contributed by atoms with Crippen molar-refractivity contribution in [3.8, 4) is 0 Å². The first-order valence-electron chi connectivity index (χ1n) is 5.44. The molecule has 0 amide bonds. The van der Waals surface area contributed by atoms with Gasteiger partial charge >= 0.3 is 0 Å². The number of nitro benzene ring substituents is 1. The van der Waals surface area contributed by atoms with Crippen molar-refractivity contribution in [1.82, 2.24) is 5.32 Å². The van der Waals surface area contributed by atoms with Crippen molar-refractivity contribution in [3.63, 3.8) is 0 Å². The number of rotatable bonds is 3. The molecule has 2 rings (SSSR count). The van der Waals surface area contributed by atoms with Crippen molar-refractivity contribution in [2.24, 2.45) is 0 Å². The van der Waals surface area contributed by atoms with Gasteiger partial charge in [0, 0.05) is 18.2 Å². The topological polar surface area (TPSA) is 67.2 Å². The molecule has 1 unspecified atom stereocenters. The van der Waals surface area contributed by atoms with Crippen LogP contribution in [0.3, 0.4) is 0 Å². The number of halogens is 1. The zero-order chi connectivity index (χ0) is 12.5. The summed E-state index contributed by atoms with van der Waals surface area (Å²) in [5.74, 6) is 0. The summed E-state index contributed by atoms with van der Waals surface area (Å²) in [5.41, 5.74) is 0.242. The normalized spacial score (nSPS) is 23.6. The maximum atomic E-state index is 10.9. The number of nitrogens with one attached hydrogen (secondary N) is 2. The lowest BCUT2D eigenvalue weighted by molar-refractivity contribution is -0.384. The summed E-state index contributed by atoms with van der Waals surface area (Å²) in [6, 6.07) is 4.70. The smallest absolute Gasteiger partial charge is 0.293 e. The second-order valence-corrected chi connectivity index (χ2v) is 4.91. The molecule has 5 nitrogen and oxygen atoms in total. The molecule has 1 aliphatic rings. The van der Waals surface area contributed by atoms with E-state index in [1.54, 1.807) is 12.1 Å². The van der Waals surface area contributed by atoms with Gasteiger partial charge in [-0.3, -0.25) is 10.1 Å². The Kier molecular flexibility index (Phi) is 3.22. The maximum absolute atomic E-state index is 10.9. The van der Waals surface area contributed by atoms with Crippen molar-refractivity contribution >= 4 is 23.0 Å². The summed E-state index contributed by atoms with van der Waals surface area (Å²) in [5, 5.41) is 17.8. The van der Waals surface area contributed by atoms with Crippen LogP contribution in [-0.4, -0.2) is 23.6 Å². The minimum absolute atomic E-state index is 0.0191. The number of hydrogen-bond donors (Lipinski definition) is 2. The van der Waals surface area contributed by atoms with Crippen molar-refractivity contribution < 1.29 is 4.92 Å². The van der Waals surface area contributed by atoms with Gasteiger partial charge in [0.05, 0.1) is 9.95 Å². The van der Waals surface area contributed by atoms with Gasteiger partial charge in [0.25, 0.3) is 5.69 Å². The number of nitrogens with zero attached hydrogens (tertiary/aromatic N) is 1. The van der Waals surface area contributed by atoms with Crippen molar-refractivity contribution in [2.45, 2.75) is 18.9 Å². The molecule has 1 atom stereocenters. The third-order valence-electron chi connectivity index (χ3n) is 2.98. The van der Waals surface area contributed by atoms with Crippen molar-refractivity contribution in [3.05, 3.63) is 33.3 Å². The van der Waals surface area contributed by atoms with Gasteiger partial charge < -0.3 is 10.6 Å². The Morgan fingerprint density at radius 1 is 1.59 bits per heavy atom. The molecule has 0 bridgehead atoms.